The van der Waals surface area contributed by atoms with E-state index >= 15 is 0 Å². The lowest BCUT2D eigenvalue weighted by atomic mass is 10.4. The first-order valence-electron chi connectivity index (χ1n) is 3.67. The van der Waals surface area contributed by atoms with E-state index < -0.39 is 0 Å². The molecule has 0 radical (unpaired) electrons. The summed E-state index contributed by atoms with van der Waals surface area (Å²) in [5, 5.41) is 5.74. The molecule has 0 bridgehead atoms. The number of H-pyrrole nitrogens is 1. The molecule has 1 aromatic heterocycles. The number of hydrogen-bond acceptors (Lipinski definition) is 4. The fourth-order valence-corrected chi connectivity index (χ4v) is 1.32. The van der Waals surface area contributed by atoms with Crippen molar-refractivity contribution in [2.24, 2.45) is 0 Å². The summed E-state index contributed by atoms with van der Waals surface area (Å²) in [5.41, 5.74) is -0.230. The van der Waals surface area contributed by atoms with Crippen LogP contribution in [0, 0.1) is 0 Å². The molecule has 1 aliphatic rings. The van der Waals surface area contributed by atoms with E-state index in [1.807, 2.05) is 4.90 Å². The molecule has 5 nitrogen and oxygen atoms in total. The second kappa shape index (κ2) is 2.41. The minimum absolute atomic E-state index is 0.230. The molecule has 0 spiro atoms. The van der Waals surface area contributed by atoms with E-state index in [4.69, 9.17) is 0 Å². The molecule has 60 valence electrons. The van der Waals surface area contributed by atoms with Gasteiger partial charge < -0.3 is 4.90 Å². The van der Waals surface area contributed by atoms with Crippen LogP contribution in [-0.2, 0) is 0 Å². The average Bonchev–Trinajstić information content (AvgIpc) is 2.55. The molecular weight excluding hydrogens is 146 g/mol. The fraction of sp³-hybridized carbons (Fsp3) is 0.667. The highest BCUT2D eigenvalue weighted by molar-refractivity contribution is 5.34. The van der Waals surface area contributed by atoms with E-state index in [1.165, 1.54) is 0 Å². The third kappa shape index (κ3) is 1.02. The Bertz CT molecular complexity index is 284. The minimum Gasteiger partial charge on any atom is -0.349 e. The number of aromatic nitrogens is 2. The van der Waals surface area contributed by atoms with Gasteiger partial charge in [0.25, 0.3) is 0 Å². The number of nitrogens with zero attached hydrogens (tertiary/aromatic N) is 2. The second-order valence-electron chi connectivity index (χ2n) is 2.63. The molecule has 2 rings (SSSR count). The standard InChI is InChI=1S/C6H9N3O2/c10-6-5(7-11-8-6)9-3-1-2-4-9/h1-4H2,(H,8,10). The summed E-state index contributed by atoms with van der Waals surface area (Å²) in [6, 6.07) is 0. The van der Waals surface area contributed by atoms with Crippen molar-refractivity contribution in [3.8, 4) is 0 Å². The van der Waals surface area contributed by atoms with Gasteiger partial charge in [0, 0.05) is 13.1 Å². The van der Waals surface area contributed by atoms with Gasteiger partial charge in [-0.15, -0.1) is 0 Å². The van der Waals surface area contributed by atoms with Crippen molar-refractivity contribution in [3.63, 3.8) is 0 Å². The number of rotatable bonds is 1. The van der Waals surface area contributed by atoms with Crippen LogP contribution in [0.1, 0.15) is 12.8 Å². The van der Waals surface area contributed by atoms with Crippen molar-refractivity contribution in [1.82, 2.24) is 10.3 Å². The molecule has 5 heteroatoms. The first-order valence-corrected chi connectivity index (χ1v) is 3.67. The van der Waals surface area contributed by atoms with Gasteiger partial charge >= 0.3 is 5.56 Å². The van der Waals surface area contributed by atoms with Gasteiger partial charge in [0.15, 0.2) is 0 Å². The highest BCUT2D eigenvalue weighted by Crippen LogP contribution is 2.12. The average molecular weight is 155 g/mol. The Morgan fingerprint density at radius 3 is 2.73 bits per heavy atom. The third-order valence-electron chi connectivity index (χ3n) is 1.88. The summed E-state index contributed by atoms with van der Waals surface area (Å²) in [6.07, 6.45) is 2.26. The molecule has 1 aliphatic heterocycles. The van der Waals surface area contributed by atoms with Crippen LogP contribution in [-0.4, -0.2) is 23.4 Å². The zero-order chi connectivity index (χ0) is 7.68. The summed E-state index contributed by atoms with van der Waals surface area (Å²) >= 11 is 0. The molecule has 1 fully saturated rings. The molecule has 1 saturated heterocycles. The molecule has 2 heterocycles. The van der Waals surface area contributed by atoms with Crippen molar-refractivity contribution < 1.29 is 4.63 Å². The van der Waals surface area contributed by atoms with Crippen molar-refractivity contribution in [2.45, 2.75) is 12.8 Å². The van der Waals surface area contributed by atoms with Gasteiger partial charge in [0.05, 0.1) is 0 Å². The van der Waals surface area contributed by atoms with Gasteiger partial charge in [-0.05, 0) is 18.0 Å². The summed E-state index contributed by atoms with van der Waals surface area (Å²) in [4.78, 5) is 12.9. The van der Waals surface area contributed by atoms with Crippen LogP contribution in [0.25, 0.3) is 0 Å². The molecule has 0 aromatic carbocycles. The van der Waals surface area contributed by atoms with Crippen molar-refractivity contribution in [3.05, 3.63) is 10.4 Å². The Hall–Kier alpha value is -1.26. The quantitative estimate of drug-likeness (QED) is 0.618. The van der Waals surface area contributed by atoms with Crippen LogP contribution >= 0.6 is 0 Å². The Morgan fingerprint density at radius 2 is 2.18 bits per heavy atom. The predicted octanol–water partition coefficient (Wildman–Crippen LogP) is -0.0369. The van der Waals surface area contributed by atoms with E-state index in [0.29, 0.717) is 5.82 Å². The first kappa shape index (κ1) is 6.45. The lowest BCUT2D eigenvalue weighted by Gasteiger charge is -2.09. The van der Waals surface area contributed by atoms with Gasteiger partial charge in [0.2, 0.25) is 5.82 Å². The van der Waals surface area contributed by atoms with Gasteiger partial charge in [-0.25, -0.2) is 0 Å². The lowest BCUT2D eigenvalue weighted by Crippen LogP contribution is -2.23. The molecule has 0 atom stereocenters. The van der Waals surface area contributed by atoms with E-state index in [1.54, 1.807) is 0 Å². The SMILES string of the molecule is O=c1[nH]onc1N1CCCC1. The largest absolute Gasteiger partial charge is 0.349 e. The van der Waals surface area contributed by atoms with Crippen LogP contribution in [0.5, 0.6) is 0 Å². The summed E-state index contributed by atoms with van der Waals surface area (Å²) < 4.78 is 4.43. The maximum Gasteiger partial charge on any atom is 0.325 e. The van der Waals surface area contributed by atoms with E-state index in [2.05, 4.69) is 14.9 Å². The number of anilines is 1. The van der Waals surface area contributed by atoms with Crippen molar-refractivity contribution >= 4 is 5.82 Å². The maximum atomic E-state index is 11.0. The molecule has 11 heavy (non-hydrogen) atoms. The van der Waals surface area contributed by atoms with Crippen LogP contribution in [0.4, 0.5) is 5.82 Å². The van der Waals surface area contributed by atoms with Crippen LogP contribution in [0.3, 0.4) is 0 Å². The third-order valence-corrected chi connectivity index (χ3v) is 1.88. The Kier molecular flexibility index (Phi) is 1.41. The van der Waals surface area contributed by atoms with Gasteiger partial charge in [-0.1, -0.05) is 0 Å². The predicted molar refractivity (Wildman–Crippen MR) is 38.6 cm³/mol. The molecule has 0 aliphatic carbocycles. The number of hydrogen-bond donors (Lipinski definition) is 1. The molecule has 0 unspecified atom stereocenters. The van der Waals surface area contributed by atoms with Crippen molar-refractivity contribution in [2.75, 3.05) is 18.0 Å². The first-order chi connectivity index (χ1) is 5.38. The fourth-order valence-electron chi connectivity index (χ4n) is 1.32. The Balaban J connectivity index is 2.28. The second-order valence-corrected chi connectivity index (χ2v) is 2.63. The molecule has 0 amide bonds. The van der Waals surface area contributed by atoms with Crippen LogP contribution in [0.2, 0.25) is 0 Å². The number of nitrogens with one attached hydrogen (secondary N) is 1. The maximum absolute atomic E-state index is 11.0. The van der Waals surface area contributed by atoms with Gasteiger partial charge in [-0.3, -0.25) is 9.42 Å². The molecule has 1 N–H and O–H groups in total. The molecular formula is C6H9N3O2. The van der Waals surface area contributed by atoms with Crippen LogP contribution < -0.4 is 10.5 Å². The van der Waals surface area contributed by atoms with Crippen LogP contribution in [0.15, 0.2) is 9.42 Å². The molecule has 1 aromatic rings. The van der Waals surface area contributed by atoms with E-state index in [0.717, 1.165) is 25.9 Å². The summed E-state index contributed by atoms with van der Waals surface area (Å²) in [7, 11) is 0. The Labute approximate surface area is 62.9 Å². The van der Waals surface area contributed by atoms with Crippen molar-refractivity contribution in [1.29, 1.82) is 0 Å². The van der Waals surface area contributed by atoms with Gasteiger partial charge in [-0.2, -0.15) is 5.16 Å². The normalized spacial score (nSPS) is 17.6. The Morgan fingerprint density at radius 1 is 1.45 bits per heavy atom. The highest BCUT2D eigenvalue weighted by atomic mass is 16.6. The minimum atomic E-state index is -0.230. The molecule has 0 saturated carbocycles. The zero-order valence-corrected chi connectivity index (χ0v) is 6.04. The van der Waals surface area contributed by atoms with Gasteiger partial charge in [0.1, 0.15) is 0 Å². The van der Waals surface area contributed by atoms with E-state index in [-0.39, 0.29) is 5.56 Å². The summed E-state index contributed by atoms with van der Waals surface area (Å²) in [6.45, 7) is 1.82. The zero-order valence-electron chi connectivity index (χ0n) is 6.04. The smallest absolute Gasteiger partial charge is 0.325 e. The highest BCUT2D eigenvalue weighted by Gasteiger charge is 2.17. The van der Waals surface area contributed by atoms with E-state index in [9.17, 15) is 4.79 Å². The lowest BCUT2D eigenvalue weighted by molar-refractivity contribution is 0.304. The number of aromatic amines is 1. The monoisotopic (exact) mass is 155 g/mol. The summed E-state index contributed by atoms with van der Waals surface area (Å²) in [5.74, 6) is 0.419. The topological polar surface area (TPSA) is 62.1 Å².